The molecule has 12 heterocycles. The van der Waals surface area contributed by atoms with E-state index in [1.54, 1.807) is 7.11 Å². The molecule has 0 aliphatic carbocycles. The van der Waals surface area contributed by atoms with Gasteiger partial charge in [-0.1, -0.05) is 143 Å². The fourth-order valence-corrected chi connectivity index (χ4v) is 20.7. The Morgan fingerprint density at radius 2 is 0.841 bits per heavy atom. The zero-order valence-corrected chi connectivity index (χ0v) is 82.1. The first-order chi connectivity index (χ1) is 60.9. The second-order valence-corrected chi connectivity index (χ2v) is 39.9. The Hall–Kier alpha value is -7.52. The summed E-state index contributed by atoms with van der Waals surface area (Å²) in [5.41, 5.74) is 18.7. The van der Waals surface area contributed by atoms with Crippen LogP contribution in [0.15, 0.2) is 183 Å². The highest BCUT2D eigenvalue weighted by atomic mass is 32.1. The summed E-state index contributed by atoms with van der Waals surface area (Å²) >= 11 is 1.94. The summed E-state index contributed by atoms with van der Waals surface area (Å²) < 4.78 is 5.13. The molecular formula is C109H165N15OS. The number of nitrogens with zero attached hydrogens (tertiary/aromatic N) is 14. The minimum Gasteiger partial charge on any atom is -0.383 e. The maximum absolute atomic E-state index is 5.13. The second-order valence-electron chi connectivity index (χ2n) is 38.7. The molecule has 7 atom stereocenters. The summed E-state index contributed by atoms with van der Waals surface area (Å²) in [6.07, 6.45) is 20.2. The van der Waals surface area contributed by atoms with Gasteiger partial charge >= 0.3 is 0 Å². The van der Waals surface area contributed by atoms with Crippen LogP contribution in [0.3, 0.4) is 0 Å². The highest BCUT2D eigenvalue weighted by Crippen LogP contribution is 2.34. The Labute approximate surface area is 769 Å². The molecule has 2 aromatic heterocycles. The van der Waals surface area contributed by atoms with Crippen LogP contribution >= 0.6 is 11.3 Å². The molecule has 10 aliphatic rings. The summed E-state index contributed by atoms with van der Waals surface area (Å²) in [4.78, 5) is 40.5. The van der Waals surface area contributed by atoms with E-state index >= 15 is 0 Å². The molecule has 0 saturated carbocycles. The summed E-state index contributed by atoms with van der Waals surface area (Å²) in [6, 6.07) is 63.0. The molecule has 688 valence electrons. The number of nitrogens with one attached hydrogen (secondary N) is 1. The highest BCUT2D eigenvalue weighted by molar-refractivity contribution is 7.16. The van der Waals surface area contributed by atoms with Gasteiger partial charge in [0.2, 0.25) is 0 Å². The van der Waals surface area contributed by atoms with E-state index in [-0.39, 0.29) is 0 Å². The molecule has 18 rings (SSSR count). The number of ether oxygens (including phenoxy) is 1. The number of anilines is 5. The second kappa shape index (κ2) is 51.2. The van der Waals surface area contributed by atoms with Crippen LogP contribution in [0.5, 0.6) is 0 Å². The number of rotatable bonds is 15. The van der Waals surface area contributed by atoms with Crippen molar-refractivity contribution in [2.75, 3.05) is 209 Å². The van der Waals surface area contributed by atoms with Gasteiger partial charge in [-0.15, -0.1) is 17.9 Å². The van der Waals surface area contributed by atoms with Crippen LogP contribution in [-0.4, -0.2) is 271 Å². The van der Waals surface area contributed by atoms with Crippen molar-refractivity contribution < 1.29 is 4.74 Å². The Kier molecular flexibility index (Phi) is 40.2. The Morgan fingerprint density at radius 1 is 0.429 bits per heavy atom. The van der Waals surface area contributed by atoms with E-state index in [2.05, 4.69) is 342 Å². The van der Waals surface area contributed by atoms with Crippen molar-refractivity contribution in [1.82, 2.24) is 49.6 Å². The van der Waals surface area contributed by atoms with Crippen molar-refractivity contribution in [3.05, 3.63) is 244 Å². The predicted molar refractivity (Wildman–Crippen MR) is 542 cm³/mol. The van der Waals surface area contributed by atoms with E-state index < -0.39 is 0 Å². The zero-order chi connectivity index (χ0) is 89.4. The standard InChI is InChI=1S/C15H24N2.C15H23NO.C15H21N.C14H20N2.C14H22N2.C13H20N2.C12H18N2S.C11H17N3/c1-4-14(3)16-9-11-17(12-10-16)15-7-5-13(2)6-8-15;1-13-3-5-14(6-4-13)15-7-9-16(10-8-15)11-12-17-2;1-3-10-16-11-8-15(9-12-16)14-6-4-13(2)5-7-14;1-12-4-6-13(7-5-12)16-10-9-15-8-2-3-14(15)11-16;1-11-5-7-14(8-6-11)16-9-12(2)15(4)13(3)10-16;1-10-4-6-13(7-5-10)15-8-11(2)14-12(3)9-15;1-10-4-5-12(15-10)14-8-7-13-6-2-3-11(13)9-14;1-9-7-13-11(8-12-9)10-3-5-14(2)6-4-10/h5-8,14H,4,9-12H2,1-3H3;3-6,15H,7-12H2,1-2H3;3-7,15H,1,8-12H2,2H3;4-7,14H,2-3,8-11H2,1H3;5-8,12-13H,9-10H2,1-4H3;4-7,11-12,14H,8-9H2,1-3H3;4-5,11H,2-3,6-9H2,1H3;7-8,10H,3-6H2,1-2H3/t;;;;12-,13+;11-,12+;;. The summed E-state index contributed by atoms with van der Waals surface area (Å²) in [6.45, 7) is 64.0. The Morgan fingerprint density at radius 3 is 1.27 bits per heavy atom. The van der Waals surface area contributed by atoms with Gasteiger partial charge in [0.05, 0.1) is 23.0 Å². The Balaban J connectivity index is 0.000000140. The molecule has 3 unspecified atom stereocenters. The molecule has 16 nitrogen and oxygen atoms in total. The molecule has 0 bridgehead atoms. The molecule has 1 N–H and O–H groups in total. The lowest BCUT2D eigenvalue weighted by atomic mass is 9.89. The van der Waals surface area contributed by atoms with Gasteiger partial charge in [-0.3, -0.25) is 34.5 Å². The maximum Gasteiger partial charge on any atom is 0.0912 e. The van der Waals surface area contributed by atoms with Crippen molar-refractivity contribution in [2.45, 2.75) is 228 Å². The van der Waals surface area contributed by atoms with Crippen molar-refractivity contribution >= 4 is 39.1 Å². The average molecular weight is 1730 g/mol. The van der Waals surface area contributed by atoms with Gasteiger partial charge in [0.25, 0.3) is 0 Å². The van der Waals surface area contributed by atoms with Crippen molar-refractivity contribution in [3.8, 4) is 0 Å². The maximum atomic E-state index is 5.13. The topological polar surface area (TPSA) is 85.9 Å². The molecule has 8 aromatic rings. The molecular weight excluding hydrogens is 1570 g/mol. The van der Waals surface area contributed by atoms with Crippen molar-refractivity contribution in [1.29, 1.82) is 0 Å². The van der Waals surface area contributed by atoms with Gasteiger partial charge in [0.1, 0.15) is 0 Å². The molecule has 10 fully saturated rings. The minimum absolute atomic E-state index is 0.579. The van der Waals surface area contributed by atoms with Gasteiger partial charge < -0.3 is 44.4 Å². The SMILES string of the molecule is C=CCN1CCC(c2ccc(C)cc2)CC1.CCC(C)N1CCN(c2ccc(C)cc2)CC1.COCCN1CCC(c2ccc(C)cc2)CC1.Cc1ccc(N2CCN3CCCC3C2)cc1.Cc1ccc(N2CCN3CCCC3C2)s1.Cc1ccc(N2C[C@@H](C)N(C)[C@@H](C)C2)cc1.Cc1ccc(N2C[C@@H](C)N[C@@H](C)C2)cc1.Cc1cnc(C2CCN(C)CC2)cn1. The van der Waals surface area contributed by atoms with Crippen molar-refractivity contribution in [2.24, 2.45) is 0 Å². The molecule has 0 spiro atoms. The number of piperazine rings is 5. The highest BCUT2D eigenvalue weighted by Gasteiger charge is 2.34. The third-order valence-corrected chi connectivity index (χ3v) is 29.5. The minimum atomic E-state index is 0.579. The summed E-state index contributed by atoms with van der Waals surface area (Å²) in [5, 5.41) is 5.02. The van der Waals surface area contributed by atoms with Gasteiger partial charge in [-0.25, -0.2) is 0 Å². The van der Waals surface area contributed by atoms with Crippen LogP contribution in [0.25, 0.3) is 0 Å². The first-order valence-corrected chi connectivity index (χ1v) is 49.7. The number of benzene rings is 6. The molecule has 10 saturated heterocycles. The van der Waals surface area contributed by atoms with Crippen LogP contribution in [0.2, 0.25) is 0 Å². The van der Waals surface area contributed by atoms with E-state index in [9.17, 15) is 0 Å². The third-order valence-electron chi connectivity index (χ3n) is 28.5. The largest absolute Gasteiger partial charge is 0.383 e. The van der Waals surface area contributed by atoms with E-state index in [0.717, 1.165) is 94.6 Å². The van der Waals surface area contributed by atoms with Crippen molar-refractivity contribution in [3.63, 3.8) is 0 Å². The fourth-order valence-electron chi connectivity index (χ4n) is 19.8. The van der Waals surface area contributed by atoms with Crippen LogP contribution in [0, 0.1) is 55.4 Å². The number of thiophene rings is 1. The first kappa shape index (κ1) is 99.1. The normalized spacial score (nSPS) is 22.8. The lowest BCUT2D eigenvalue weighted by molar-refractivity contribution is 0.130. The van der Waals surface area contributed by atoms with E-state index in [1.807, 2.05) is 36.7 Å². The number of piperidine rings is 3. The molecule has 126 heavy (non-hydrogen) atoms. The smallest absolute Gasteiger partial charge is 0.0912 e. The average Bonchev–Trinajstić information content (AvgIpc) is 1.78. The molecule has 0 amide bonds. The summed E-state index contributed by atoms with van der Waals surface area (Å²) in [7, 11) is 6.18. The van der Waals surface area contributed by atoms with Crippen LogP contribution in [0.4, 0.5) is 27.8 Å². The molecule has 17 heteroatoms. The number of hydrogen-bond acceptors (Lipinski definition) is 17. The number of likely N-dealkylation sites (N-methyl/N-ethyl adjacent to an activating group) is 1. The number of hydrogen-bond donors (Lipinski definition) is 1. The number of likely N-dealkylation sites (tertiary alicyclic amines) is 3. The first-order valence-electron chi connectivity index (χ1n) is 48.9. The lowest BCUT2D eigenvalue weighted by Gasteiger charge is -2.43. The van der Waals surface area contributed by atoms with E-state index in [0.29, 0.717) is 30.1 Å². The van der Waals surface area contributed by atoms with Gasteiger partial charge in [0.15, 0.2) is 0 Å². The van der Waals surface area contributed by atoms with E-state index in [1.165, 1.54) is 258 Å². The predicted octanol–water partition coefficient (Wildman–Crippen LogP) is 20.0. The number of aromatic nitrogens is 2. The Bertz CT molecular complexity index is 4300. The number of methoxy groups -OCH3 is 1. The van der Waals surface area contributed by atoms with Crippen LogP contribution in [-0.2, 0) is 4.74 Å². The third kappa shape index (κ3) is 31.4. The van der Waals surface area contributed by atoms with Crippen LogP contribution in [0.1, 0.15) is 191 Å². The van der Waals surface area contributed by atoms with E-state index in [4.69, 9.17) is 4.74 Å². The fraction of sp³-hybridized carbons (Fsp3) is 0.578. The van der Waals surface area contributed by atoms with Crippen LogP contribution < -0.4 is 29.8 Å². The van der Waals surface area contributed by atoms with Gasteiger partial charge in [-0.05, 0) is 311 Å². The zero-order valence-electron chi connectivity index (χ0n) is 81.3. The number of aryl methyl sites for hydroxylation is 8. The lowest BCUT2D eigenvalue weighted by Crippen LogP contribution is -2.55. The summed E-state index contributed by atoms with van der Waals surface area (Å²) in [5.74, 6) is 2.15. The number of fused-ring (bicyclic) bond motifs is 2. The quantitative estimate of drug-likeness (QED) is 0.0988. The molecule has 0 radical (unpaired) electrons. The van der Waals surface area contributed by atoms with Gasteiger partial charge in [0, 0.05) is 200 Å². The monoisotopic (exact) mass is 1730 g/mol. The molecule has 6 aromatic carbocycles. The van der Waals surface area contributed by atoms with Gasteiger partial charge in [-0.2, -0.15) is 0 Å². The molecule has 10 aliphatic heterocycles.